The maximum atomic E-state index is 12.3. The van der Waals surface area contributed by atoms with Gasteiger partial charge >= 0.3 is 6.09 Å². The highest BCUT2D eigenvalue weighted by Gasteiger charge is 2.43. The number of nitrogens with zero attached hydrogens (tertiary/aromatic N) is 2. The minimum Gasteiger partial charge on any atom is -0.441 e. The molecule has 1 unspecified atom stereocenters. The van der Waals surface area contributed by atoms with Crippen LogP contribution in [0.2, 0.25) is 0 Å². The molecule has 3 rings (SSSR count). The molecule has 0 aliphatic carbocycles. The molecule has 2 aliphatic rings. The van der Waals surface area contributed by atoms with Crippen LogP contribution in [0.25, 0.3) is 0 Å². The summed E-state index contributed by atoms with van der Waals surface area (Å²) in [5.74, 6) is 0. The Morgan fingerprint density at radius 1 is 1.30 bits per heavy atom. The monoisotopic (exact) mass is 275 g/mol. The third kappa shape index (κ3) is 2.45. The van der Waals surface area contributed by atoms with Gasteiger partial charge in [-0.25, -0.2) is 4.79 Å². The molecule has 1 atom stereocenters. The van der Waals surface area contributed by atoms with Crippen LogP contribution in [0.4, 0.5) is 16.2 Å². The third-order valence-corrected chi connectivity index (χ3v) is 4.23. The number of hydrogen-bond donors (Lipinski definition) is 1. The molecule has 1 aromatic carbocycles. The molecule has 20 heavy (non-hydrogen) atoms. The minimum atomic E-state index is -0.291. The van der Waals surface area contributed by atoms with Crippen molar-refractivity contribution in [2.24, 2.45) is 0 Å². The van der Waals surface area contributed by atoms with Crippen molar-refractivity contribution >= 4 is 17.5 Å². The minimum absolute atomic E-state index is 0.253. The lowest BCUT2D eigenvalue weighted by Gasteiger charge is -2.45. The van der Waals surface area contributed by atoms with Crippen LogP contribution in [0.1, 0.15) is 19.3 Å². The maximum absolute atomic E-state index is 12.3. The topological polar surface area (TPSA) is 58.8 Å². The zero-order valence-corrected chi connectivity index (χ0v) is 11.8. The number of benzene rings is 1. The van der Waals surface area contributed by atoms with Crippen molar-refractivity contribution in [1.82, 2.24) is 4.90 Å². The second-order valence-corrected chi connectivity index (χ2v) is 5.89. The molecule has 108 valence electrons. The summed E-state index contributed by atoms with van der Waals surface area (Å²) in [6, 6.07) is 7.38. The number of carbonyl (C=O) groups is 1. The standard InChI is InChI=1S/C15H21N3O2/c1-17-8-3-6-15(11-17)7-9-18(14(19)20-15)13-5-2-4-12(16)10-13/h2,4-5,10H,3,6-9,11,16H2,1H3. The fraction of sp³-hybridized carbons (Fsp3) is 0.533. The number of piperidine rings is 1. The summed E-state index contributed by atoms with van der Waals surface area (Å²) in [7, 11) is 2.08. The molecule has 0 saturated carbocycles. The molecule has 5 nitrogen and oxygen atoms in total. The van der Waals surface area contributed by atoms with Crippen molar-refractivity contribution in [3.63, 3.8) is 0 Å². The summed E-state index contributed by atoms with van der Waals surface area (Å²) in [5, 5.41) is 0. The molecule has 1 aromatic rings. The third-order valence-electron chi connectivity index (χ3n) is 4.23. The number of amides is 1. The van der Waals surface area contributed by atoms with Crippen LogP contribution < -0.4 is 10.6 Å². The van der Waals surface area contributed by atoms with Crippen LogP contribution in [0.3, 0.4) is 0 Å². The second kappa shape index (κ2) is 4.98. The van der Waals surface area contributed by atoms with Crippen molar-refractivity contribution in [3.05, 3.63) is 24.3 Å². The van der Waals surface area contributed by atoms with Crippen molar-refractivity contribution in [2.45, 2.75) is 24.9 Å². The summed E-state index contributed by atoms with van der Waals surface area (Å²) in [6.07, 6.45) is 2.67. The highest BCUT2D eigenvalue weighted by Crippen LogP contribution is 2.34. The van der Waals surface area contributed by atoms with Gasteiger partial charge in [0, 0.05) is 30.9 Å². The molecule has 2 aliphatic heterocycles. The number of rotatable bonds is 1. The molecule has 2 N–H and O–H groups in total. The molecule has 5 heteroatoms. The maximum Gasteiger partial charge on any atom is 0.414 e. The molecular weight excluding hydrogens is 254 g/mol. The van der Waals surface area contributed by atoms with Gasteiger partial charge in [0.05, 0.1) is 0 Å². The van der Waals surface area contributed by atoms with Crippen LogP contribution in [0.5, 0.6) is 0 Å². The summed E-state index contributed by atoms with van der Waals surface area (Å²) in [4.78, 5) is 16.3. The Bertz CT molecular complexity index is 520. The van der Waals surface area contributed by atoms with Crippen molar-refractivity contribution < 1.29 is 9.53 Å². The SMILES string of the molecule is CN1CCCC2(CCN(c3cccc(N)c3)C(=O)O2)C1. The van der Waals surface area contributed by atoms with E-state index in [1.54, 1.807) is 4.90 Å². The number of carbonyl (C=O) groups excluding carboxylic acids is 1. The molecule has 0 aromatic heterocycles. The smallest absolute Gasteiger partial charge is 0.414 e. The average molecular weight is 275 g/mol. The second-order valence-electron chi connectivity index (χ2n) is 5.89. The molecule has 2 fully saturated rings. The lowest BCUT2D eigenvalue weighted by atomic mass is 9.88. The van der Waals surface area contributed by atoms with Crippen LogP contribution in [0, 0.1) is 0 Å². The summed E-state index contributed by atoms with van der Waals surface area (Å²) < 4.78 is 5.80. The number of likely N-dealkylation sites (tertiary alicyclic amines) is 1. The molecule has 0 bridgehead atoms. The Kier molecular flexibility index (Phi) is 3.30. The van der Waals surface area contributed by atoms with E-state index in [1.165, 1.54) is 0 Å². The Hall–Kier alpha value is -1.75. The Balaban J connectivity index is 1.75. The predicted octanol–water partition coefficient (Wildman–Crippen LogP) is 2.08. The van der Waals surface area contributed by atoms with Gasteiger partial charge in [-0.15, -0.1) is 0 Å². The first-order valence-electron chi connectivity index (χ1n) is 7.13. The van der Waals surface area contributed by atoms with Gasteiger partial charge < -0.3 is 15.4 Å². The van der Waals surface area contributed by atoms with Gasteiger partial charge in [0.25, 0.3) is 0 Å². The van der Waals surface area contributed by atoms with Gasteiger partial charge in [-0.05, 0) is 44.6 Å². The van der Waals surface area contributed by atoms with E-state index in [0.29, 0.717) is 12.2 Å². The van der Waals surface area contributed by atoms with Crippen LogP contribution in [-0.4, -0.2) is 43.3 Å². The van der Waals surface area contributed by atoms with Crippen molar-refractivity contribution in [1.29, 1.82) is 0 Å². The zero-order chi connectivity index (χ0) is 14.2. The van der Waals surface area contributed by atoms with Gasteiger partial charge in [0.15, 0.2) is 0 Å². The average Bonchev–Trinajstić information content (AvgIpc) is 2.38. The van der Waals surface area contributed by atoms with Gasteiger partial charge in [-0.1, -0.05) is 6.07 Å². The first-order valence-corrected chi connectivity index (χ1v) is 7.13. The number of likely N-dealkylation sites (N-methyl/N-ethyl adjacent to an activating group) is 1. The van der Waals surface area contributed by atoms with E-state index < -0.39 is 0 Å². The van der Waals surface area contributed by atoms with Gasteiger partial charge in [0.2, 0.25) is 0 Å². The highest BCUT2D eigenvalue weighted by molar-refractivity contribution is 5.89. The fourth-order valence-electron chi connectivity index (χ4n) is 3.23. The molecule has 1 spiro atoms. The molecule has 2 heterocycles. The van der Waals surface area contributed by atoms with Crippen LogP contribution >= 0.6 is 0 Å². The largest absolute Gasteiger partial charge is 0.441 e. The van der Waals surface area contributed by atoms with Gasteiger partial charge in [0.1, 0.15) is 5.60 Å². The summed E-state index contributed by atoms with van der Waals surface area (Å²) in [5.41, 5.74) is 6.96. The first-order chi connectivity index (χ1) is 9.58. The lowest BCUT2D eigenvalue weighted by molar-refractivity contribution is -0.0499. The number of nitrogens with two attached hydrogens (primary N) is 1. The first kappa shape index (κ1) is 13.2. The van der Waals surface area contributed by atoms with Gasteiger partial charge in [-0.3, -0.25) is 4.90 Å². The normalized spacial score (nSPS) is 27.6. The number of nitrogen functional groups attached to an aromatic ring is 1. The Morgan fingerprint density at radius 3 is 2.85 bits per heavy atom. The zero-order valence-electron chi connectivity index (χ0n) is 11.8. The quantitative estimate of drug-likeness (QED) is 0.797. The van der Waals surface area contributed by atoms with E-state index >= 15 is 0 Å². The van der Waals surface area contributed by atoms with E-state index in [0.717, 1.165) is 38.0 Å². The summed E-state index contributed by atoms with van der Waals surface area (Å²) in [6.45, 7) is 2.61. The molecule has 1 amide bonds. The molecular formula is C15H21N3O2. The van der Waals surface area contributed by atoms with E-state index in [-0.39, 0.29) is 11.7 Å². The van der Waals surface area contributed by atoms with Crippen LogP contribution in [-0.2, 0) is 4.74 Å². The summed E-state index contributed by atoms with van der Waals surface area (Å²) >= 11 is 0. The number of anilines is 2. The van der Waals surface area contributed by atoms with Crippen molar-refractivity contribution in [3.8, 4) is 0 Å². The van der Waals surface area contributed by atoms with Crippen molar-refractivity contribution in [2.75, 3.05) is 37.3 Å². The van der Waals surface area contributed by atoms with Gasteiger partial charge in [-0.2, -0.15) is 0 Å². The van der Waals surface area contributed by atoms with E-state index in [1.807, 2.05) is 24.3 Å². The lowest BCUT2D eigenvalue weighted by Crippen LogP contribution is -2.56. The Morgan fingerprint density at radius 2 is 2.15 bits per heavy atom. The molecule has 0 radical (unpaired) electrons. The predicted molar refractivity (Wildman–Crippen MR) is 78.8 cm³/mol. The van der Waals surface area contributed by atoms with Crippen LogP contribution in [0.15, 0.2) is 24.3 Å². The number of ether oxygens (including phenoxy) is 1. The Labute approximate surface area is 119 Å². The van der Waals surface area contributed by atoms with E-state index in [2.05, 4.69) is 11.9 Å². The number of hydrogen-bond acceptors (Lipinski definition) is 4. The fourth-order valence-corrected chi connectivity index (χ4v) is 3.23. The van der Waals surface area contributed by atoms with E-state index in [9.17, 15) is 4.79 Å². The highest BCUT2D eigenvalue weighted by atomic mass is 16.6. The molecule has 2 saturated heterocycles. The van der Waals surface area contributed by atoms with E-state index in [4.69, 9.17) is 10.5 Å².